The fourth-order valence-electron chi connectivity index (χ4n) is 5.09. The molecule has 180 valence electrons. The van der Waals surface area contributed by atoms with Gasteiger partial charge in [-0.2, -0.15) is 13.2 Å². The molecule has 7 nitrogen and oxygen atoms in total. The van der Waals surface area contributed by atoms with E-state index in [1.54, 1.807) is 23.9 Å². The van der Waals surface area contributed by atoms with Gasteiger partial charge in [0.15, 0.2) is 6.61 Å². The average Bonchev–Trinajstić information content (AvgIpc) is 3.37. The van der Waals surface area contributed by atoms with Crippen LogP contribution in [0.2, 0.25) is 0 Å². The van der Waals surface area contributed by atoms with E-state index in [1.165, 1.54) is 12.3 Å². The molecule has 0 radical (unpaired) electrons. The molecule has 5 rings (SSSR count). The molecule has 2 atom stereocenters. The van der Waals surface area contributed by atoms with Crippen molar-refractivity contribution in [2.24, 2.45) is 5.92 Å². The molecule has 1 aliphatic rings. The Morgan fingerprint density at radius 2 is 2.00 bits per heavy atom. The van der Waals surface area contributed by atoms with E-state index in [2.05, 4.69) is 21.9 Å². The van der Waals surface area contributed by atoms with Crippen LogP contribution in [0.15, 0.2) is 35.5 Å². The predicted octanol–water partition coefficient (Wildman–Crippen LogP) is 5.12. The van der Waals surface area contributed by atoms with Gasteiger partial charge in [0.1, 0.15) is 11.4 Å². The fraction of sp³-hybridized carbons (Fsp3) is 0.458. The number of fused-ring (bicyclic) bond motifs is 3. The van der Waals surface area contributed by atoms with Crippen molar-refractivity contribution in [3.63, 3.8) is 0 Å². The lowest BCUT2D eigenvalue weighted by atomic mass is 9.85. The topological polar surface area (TPSA) is 77.7 Å². The highest BCUT2D eigenvalue weighted by molar-refractivity contribution is 6.01. The van der Waals surface area contributed by atoms with E-state index in [9.17, 15) is 18.0 Å². The largest absolute Gasteiger partial charge is 0.484 e. The van der Waals surface area contributed by atoms with Gasteiger partial charge in [0.25, 0.3) is 0 Å². The maximum absolute atomic E-state index is 13.8. The number of pyridine rings is 2. The molecule has 1 saturated carbocycles. The van der Waals surface area contributed by atoms with Gasteiger partial charge in [0.05, 0.1) is 29.5 Å². The first-order valence-electron chi connectivity index (χ1n) is 11.5. The zero-order valence-electron chi connectivity index (χ0n) is 19.0. The third kappa shape index (κ3) is 3.95. The summed E-state index contributed by atoms with van der Waals surface area (Å²) in [5.74, 6) is 0.456. The van der Waals surface area contributed by atoms with Gasteiger partial charge in [-0.3, -0.25) is 14.1 Å². The zero-order valence-corrected chi connectivity index (χ0v) is 19.0. The lowest BCUT2D eigenvalue weighted by Gasteiger charge is -2.29. The minimum atomic E-state index is -4.44. The molecule has 0 unspecified atom stereocenters. The van der Waals surface area contributed by atoms with Crippen molar-refractivity contribution >= 4 is 22.1 Å². The van der Waals surface area contributed by atoms with Gasteiger partial charge < -0.3 is 9.72 Å². The first-order valence-corrected chi connectivity index (χ1v) is 11.5. The van der Waals surface area contributed by atoms with E-state index in [-0.39, 0.29) is 24.0 Å². The van der Waals surface area contributed by atoms with Gasteiger partial charge in [0.2, 0.25) is 0 Å². The Labute approximate surface area is 193 Å². The van der Waals surface area contributed by atoms with Crippen LogP contribution in [0, 0.1) is 12.8 Å². The summed E-state index contributed by atoms with van der Waals surface area (Å²) in [4.78, 5) is 25.8. The van der Waals surface area contributed by atoms with Crippen LogP contribution in [0.1, 0.15) is 49.9 Å². The van der Waals surface area contributed by atoms with Crippen molar-refractivity contribution in [3.8, 4) is 5.75 Å². The SMILES string of the molecule is Cc1c(OCC(F)(F)F)ccnc1Cn1c(=O)n([C@H]2CCCC[C@H]2C)c2c3cc[nH]c3ncc21. The van der Waals surface area contributed by atoms with Crippen LogP contribution in [0.3, 0.4) is 0 Å². The molecule has 4 heterocycles. The average molecular weight is 473 g/mol. The Hall–Kier alpha value is -3.30. The van der Waals surface area contributed by atoms with Gasteiger partial charge in [0, 0.05) is 29.4 Å². The number of hydrogen-bond donors (Lipinski definition) is 1. The fourth-order valence-corrected chi connectivity index (χ4v) is 5.09. The maximum Gasteiger partial charge on any atom is 0.422 e. The minimum Gasteiger partial charge on any atom is -0.484 e. The predicted molar refractivity (Wildman–Crippen MR) is 122 cm³/mol. The molecule has 1 fully saturated rings. The summed E-state index contributed by atoms with van der Waals surface area (Å²) in [6.45, 7) is 2.56. The molecular weight excluding hydrogens is 447 g/mol. The molecule has 0 aliphatic heterocycles. The highest BCUT2D eigenvalue weighted by Crippen LogP contribution is 2.36. The first-order chi connectivity index (χ1) is 16.2. The third-order valence-electron chi connectivity index (χ3n) is 6.86. The lowest BCUT2D eigenvalue weighted by Crippen LogP contribution is -2.32. The molecule has 10 heteroatoms. The summed E-state index contributed by atoms with van der Waals surface area (Å²) in [5, 5.41) is 0.873. The van der Waals surface area contributed by atoms with Crippen LogP contribution >= 0.6 is 0 Å². The second-order valence-electron chi connectivity index (χ2n) is 9.08. The van der Waals surface area contributed by atoms with Gasteiger partial charge in [-0.25, -0.2) is 9.78 Å². The van der Waals surface area contributed by atoms with Crippen LogP contribution in [-0.4, -0.2) is 36.9 Å². The van der Waals surface area contributed by atoms with E-state index in [4.69, 9.17) is 4.74 Å². The Kier molecular flexibility index (Phi) is 5.61. The maximum atomic E-state index is 13.8. The molecule has 0 amide bonds. The number of alkyl halides is 3. The lowest BCUT2D eigenvalue weighted by molar-refractivity contribution is -0.153. The van der Waals surface area contributed by atoms with E-state index in [1.807, 2.05) is 10.6 Å². The Balaban J connectivity index is 1.63. The molecule has 0 aromatic carbocycles. The number of ether oxygens (including phenoxy) is 1. The van der Waals surface area contributed by atoms with Gasteiger partial charge in [-0.05, 0) is 37.8 Å². The molecule has 4 aromatic rings. The Morgan fingerprint density at radius 3 is 2.76 bits per heavy atom. The minimum absolute atomic E-state index is 0.0704. The third-order valence-corrected chi connectivity index (χ3v) is 6.86. The number of nitrogens with zero attached hydrogens (tertiary/aromatic N) is 4. The summed E-state index contributed by atoms with van der Waals surface area (Å²) in [7, 11) is 0. The van der Waals surface area contributed by atoms with Gasteiger partial charge in [-0.15, -0.1) is 0 Å². The molecule has 0 spiro atoms. The number of hydrogen-bond acceptors (Lipinski definition) is 4. The van der Waals surface area contributed by atoms with Crippen LogP contribution < -0.4 is 10.4 Å². The molecule has 0 saturated heterocycles. The monoisotopic (exact) mass is 473 g/mol. The van der Waals surface area contributed by atoms with Crippen molar-refractivity contribution in [1.82, 2.24) is 24.1 Å². The van der Waals surface area contributed by atoms with E-state index in [0.717, 1.165) is 36.6 Å². The summed E-state index contributed by atoms with van der Waals surface area (Å²) in [5.41, 5.74) is 3.01. The van der Waals surface area contributed by atoms with Gasteiger partial charge in [-0.1, -0.05) is 19.8 Å². The molecular formula is C24H26F3N5O2. The molecule has 34 heavy (non-hydrogen) atoms. The summed E-state index contributed by atoms with van der Waals surface area (Å²) in [6, 6.07) is 3.40. The number of aromatic amines is 1. The zero-order chi connectivity index (χ0) is 24.0. The Bertz CT molecular complexity index is 1400. The second kappa shape index (κ2) is 8.48. The number of rotatable bonds is 5. The highest BCUT2D eigenvalue weighted by Gasteiger charge is 2.30. The second-order valence-corrected chi connectivity index (χ2v) is 9.08. The number of aromatic nitrogens is 5. The van der Waals surface area contributed by atoms with Crippen molar-refractivity contribution in [2.75, 3.05) is 6.61 Å². The highest BCUT2D eigenvalue weighted by atomic mass is 19.4. The Morgan fingerprint density at radius 1 is 1.21 bits per heavy atom. The number of H-pyrrole nitrogens is 1. The van der Waals surface area contributed by atoms with Crippen molar-refractivity contribution in [3.05, 3.63) is 52.5 Å². The number of halogens is 3. The number of imidazole rings is 1. The van der Waals surface area contributed by atoms with E-state index >= 15 is 0 Å². The summed E-state index contributed by atoms with van der Waals surface area (Å²) < 4.78 is 46.5. The van der Waals surface area contributed by atoms with Crippen molar-refractivity contribution in [1.29, 1.82) is 0 Å². The first kappa shape index (κ1) is 22.5. The molecule has 1 N–H and O–H groups in total. The van der Waals surface area contributed by atoms with Crippen molar-refractivity contribution < 1.29 is 17.9 Å². The normalized spacial score (nSPS) is 19.2. The van der Waals surface area contributed by atoms with E-state index in [0.29, 0.717) is 28.3 Å². The standard InChI is InChI=1S/C24H26F3N5O2/c1-14-5-3-4-6-18(14)32-21-16-7-9-29-22(16)30-11-19(21)31(23(32)33)12-17-15(2)20(8-10-28-17)34-13-24(25,26)27/h7-11,14,18H,3-6,12-13H2,1-2H3,(H,29,30)/t14-,18+/m1/s1. The quantitative estimate of drug-likeness (QED) is 0.436. The smallest absolute Gasteiger partial charge is 0.422 e. The molecule has 4 aromatic heterocycles. The summed E-state index contributed by atoms with van der Waals surface area (Å²) >= 11 is 0. The van der Waals surface area contributed by atoms with E-state index < -0.39 is 12.8 Å². The molecule has 0 bridgehead atoms. The van der Waals surface area contributed by atoms with Crippen molar-refractivity contribution in [2.45, 2.75) is 58.3 Å². The number of nitrogens with one attached hydrogen (secondary N) is 1. The van der Waals surface area contributed by atoms with Crippen LogP contribution in [0.5, 0.6) is 5.75 Å². The van der Waals surface area contributed by atoms with Crippen LogP contribution in [0.25, 0.3) is 22.1 Å². The van der Waals surface area contributed by atoms with Crippen LogP contribution in [0.4, 0.5) is 13.2 Å². The van der Waals surface area contributed by atoms with Crippen LogP contribution in [-0.2, 0) is 6.54 Å². The summed E-state index contributed by atoms with van der Waals surface area (Å²) in [6.07, 6.45) is 4.65. The van der Waals surface area contributed by atoms with Gasteiger partial charge >= 0.3 is 11.9 Å². The molecule has 1 aliphatic carbocycles.